The fourth-order valence-corrected chi connectivity index (χ4v) is 3.38. The zero-order valence-electron chi connectivity index (χ0n) is 12.0. The maximum Gasteiger partial charge on any atom is 0.160 e. The van der Waals surface area contributed by atoms with E-state index in [2.05, 4.69) is 15.6 Å². The first kappa shape index (κ1) is 13.8. The van der Waals surface area contributed by atoms with Gasteiger partial charge in [-0.2, -0.15) is 0 Å². The van der Waals surface area contributed by atoms with Crippen LogP contribution in [-0.4, -0.2) is 33.6 Å². The number of methoxy groups -OCH3 is 1. The summed E-state index contributed by atoms with van der Waals surface area (Å²) in [5.74, 6) is 1.61. The molecule has 1 fully saturated rings. The van der Waals surface area contributed by atoms with Gasteiger partial charge < -0.3 is 9.30 Å². The lowest BCUT2D eigenvalue weighted by atomic mass is 10.2. The van der Waals surface area contributed by atoms with Crippen molar-refractivity contribution < 1.29 is 4.74 Å². The van der Waals surface area contributed by atoms with Crippen LogP contribution in [0.1, 0.15) is 36.7 Å². The van der Waals surface area contributed by atoms with E-state index in [4.69, 9.17) is 21.3 Å². The molecule has 1 aliphatic rings. The smallest absolute Gasteiger partial charge is 0.160 e. The number of hydrogen-bond donors (Lipinski definition) is 0. The first-order valence-electron chi connectivity index (χ1n) is 7.17. The topological polar surface area (TPSA) is 39.9 Å². The Bertz CT molecular complexity index is 610. The minimum atomic E-state index is 0.254. The van der Waals surface area contributed by atoms with Gasteiger partial charge in [0.1, 0.15) is 11.3 Å². The summed E-state index contributed by atoms with van der Waals surface area (Å²) in [7, 11) is 1.79. The predicted molar refractivity (Wildman–Crippen MR) is 80.4 cm³/mol. The van der Waals surface area contributed by atoms with Gasteiger partial charge in [-0.05, 0) is 37.8 Å². The molecule has 2 aromatic heterocycles. The fourth-order valence-electron chi connectivity index (χ4n) is 3.22. The lowest BCUT2D eigenvalue weighted by Crippen LogP contribution is -2.22. The van der Waals surface area contributed by atoms with Crippen molar-refractivity contribution in [2.75, 3.05) is 13.0 Å². The first-order chi connectivity index (χ1) is 9.74. The number of ether oxygens (including phenoxy) is 1. The molecule has 0 bridgehead atoms. The molecule has 0 radical (unpaired) electrons. The van der Waals surface area contributed by atoms with Gasteiger partial charge in [-0.1, -0.05) is 0 Å². The molecule has 0 spiro atoms. The largest absolute Gasteiger partial charge is 0.379 e. The van der Waals surface area contributed by atoms with Crippen LogP contribution in [0.5, 0.6) is 0 Å². The number of imidazole rings is 1. The normalized spacial score (nSPS) is 22.8. The Labute approximate surface area is 124 Å². The highest BCUT2D eigenvalue weighted by atomic mass is 35.5. The van der Waals surface area contributed by atoms with Gasteiger partial charge in [-0.3, -0.25) is 0 Å². The van der Waals surface area contributed by atoms with Crippen LogP contribution in [0.25, 0.3) is 11.2 Å². The number of rotatable bonds is 4. The summed E-state index contributed by atoms with van der Waals surface area (Å²) < 4.78 is 7.91. The molecule has 20 heavy (non-hydrogen) atoms. The van der Waals surface area contributed by atoms with Gasteiger partial charge in [0, 0.05) is 25.6 Å². The molecule has 2 unspecified atom stereocenters. The molecule has 0 amide bonds. The van der Waals surface area contributed by atoms with E-state index in [9.17, 15) is 0 Å². The van der Waals surface area contributed by atoms with E-state index in [0.717, 1.165) is 41.8 Å². The van der Waals surface area contributed by atoms with Crippen molar-refractivity contribution >= 4 is 22.8 Å². The van der Waals surface area contributed by atoms with Crippen LogP contribution < -0.4 is 0 Å². The van der Waals surface area contributed by atoms with E-state index in [1.807, 2.05) is 13.1 Å². The van der Waals surface area contributed by atoms with Gasteiger partial charge in [0.2, 0.25) is 0 Å². The number of halogens is 1. The Balaban J connectivity index is 2.13. The first-order valence-corrected chi connectivity index (χ1v) is 7.70. The molecule has 0 N–H and O–H groups in total. The van der Waals surface area contributed by atoms with E-state index in [0.29, 0.717) is 11.9 Å². The second-order valence-corrected chi connectivity index (χ2v) is 5.84. The van der Waals surface area contributed by atoms with Gasteiger partial charge in [0.15, 0.2) is 5.65 Å². The Morgan fingerprint density at radius 2 is 2.30 bits per heavy atom. The number of aryl methyl sites for hydroxylation is 2. The summed E-state index contributed by atoms with van der Waals surface area (Å²) >= 11 is 5.94. The molecule has 4 nitrogen and oxygen atoms in total. The Morgan fingerprint density at radius 1 is 1.45 bits per heavy atom. The molecule has 2 atom stereocenters. The summed E-state index contributed by atoms with van der Waals surface area (Å²) in [6, 6.07) is 2.42. The lowest BCUT2D eigenvalue weighted by Gasteiger charge is -2.22. The summed E-state index contributed by atoms with van der Waals surface area (Å²) in [5, 5.41) is 0. The number of nitrogens with zero attached hydrogens (tertiary/aromatic N) is 3. The van der Waals surface area contributed by atoms with Crippen LogP contribution in [0, 0.1) is 6.92 Å². The van der Waals surface area contributed by atoms with Gasteiger partial charge in [-0.25, -0.2) is 9.97 Å². The third-order valence-electron chi connectivity index (χ3n) is 4.11. The van der Waals surface area contributed by atoms with Crippen molar-refractivity contribution in [1.29, 1.82) is 0 Å². The quantitative estimate of drug-likeness (QED) is 0.812. The Hall–Kier alpha value is -1.13. The molecular weight excluding hydrogens is 274 g/mol. The van der Waals surface area contributed by atoms with Gasteiger partial charge >= 0.3 is 0 Å². The molecule has 1 saturated carbocycles. The minimum absolute atomic E-state index is 0.254. The molecule has 1 aliphatic carbocycles. The average molecular weight is 294 g/mol. The highest BCUT2D eigenvalue weighted by Gasteiger charge is 2.31. The van der Waals surface area contributed by atoms with Gasteiger partial charge in [0.05, 0.1) is 12.1 Å². The number of aromatic nitrogens is 3. The van der Waals surface area contributed by atoms with Crippen LogP contribution in [0.2, 0.25) is 0 Å². The highest BCUT2D eigenvalue weighted by Crippen LogP contribution is 2.35. The van der Waals surface area contributed by atoms with Crippen molar-refractivity contribution in [3.8, 4) is 0 Å². The Morgan fingerprint density at radius 3 is 3.05 bits per heavy atom. The van der Waals surface area contributed by atoms with E-state index in [1.54, 1.807) is 7.11 Å². The summed E-state index contributed by atoms with van der Waals surface area (Å²) in [6.45, 7) is 2.04. The number of fused-ring (bicyclic) bond motifs is 1. The lowest BCUT2D eigenvalue weighted by molar-refractivity contribution is 0.0751. The molecule has 0 aliphatic heterocycles. The Kier molecular flexibility index (Phi) is 3.94. The zero-order valence-corrected chi connectivity index (χ0v) is 12.7. The SMILES string of the molecule is COC1CCCC1n1c(CCCl)nc2cc(C)cnc21. The van der Waals surface area contributed by atoms with E-state index in [-0.39, 0.29) is 6.10 Å². The van der Waals surface area contributed by atoms with Crippen LogP contribution in [0.3, 0.4) is 0 Å². The number of alkyl halides is 1. The van der Waals surface area contributed by atoms with Crippen LogP contribution in [-0.2, 0) is 11.2 Å². The minimum Gasteiger partial charge on any atom is -0.379 e. The van der Waals surface area contributed by atoms with Crippen molar-refractivity contribution in [2.45, 2.75) is 44.8 Å². The molecule has 2 heterocycles. The zero-order chi connectivity index (χ0) is 14.1. The van der Waals surface area contributed by atoms with E-state index < -0.39 is 0 Å². The van der Waals surface area contributed by atoms with Gasteiger partial charge in [-0.15, -0.1) is 11.6 Å². The maximum atomic E-state index is 5.94. The number of hydrogen-bond acceptors (Lipinski definition) is 3. The van der Waals surface area contributed by atoms with Crippen molar-refractivity contribution in [3.05, 3.63) is 23.7 Å². The number of pyridine rings is 1. The summed E-state index contributed by atoms with van der Waals surface area (Å²) in [6.07, 6.45) is 6.34. The van der Waals surface area contributed by atoms with Crippen molar-refractivity contribution in [2.24, 2.45) is 0 Å². The average Bonchev–Trinajstić information content (AvgIpc) is 3.01. The molecule has 2 aromatic rings. The van der Waals surface area contributed by atoms with Gasteiger partial charge in [0.25, 0.3) is 0 Å². The van der Waals surface area contributed by atoms with E-state index in [1.165, 1.54) is 6.42 Å². The maximum absolute atomic E-state index is 5.94. The predicted octanol–water partition coefficient (Wildman–Crippen LogP) is 3.26. The third kappa shape index (κ3) is 2.31. The third-order valence-corrected chi connectivity index (χ3v) is 4.30. The standard InChI is InChI=1S/C15H20ClN3O/c1-10-8-11-15(17-9-10)19(14(18-11)6-7-16)12-4-3-5-13(12)20-2/h8-9,12-13H,3-7H2,1-2H3. The molecule has 108 valence electrons. The second kappa shape index (κ2) is 5.70. The molecule has 3 rings (SSSR count). The molecule has 5 heteroatoms. The van der Waals surface area contributed by atoms with Crippen molar-refractivity contribution in [1.82, 2.24) is 14.5 Å². The van der Waals surface area contributed by atoms with Crippen LogP contribution in [0.4, 0.5) is 0 Å². The van der Waals surface area contributed by atoms with Crippen LogP contribution >= 0.6 is 11.6 Å². The summed E-state index contributed by atoms with van der Waals surface area (Å²) in [5.41, 5.74) is 3.06. The van der Waals surface area contributed by atoms with Crippen LogP contribution in [0.15, 0.2) is 12.3 Å². The van der Waals surface area contributed by atoms with E-state index >= 15 is 0 Å². The second-order valence-electron chi connectivity index (χ2n) is 5.46. The summed E-state index contributed by atoms with van der Waals surface area (Å²) in [4.78, 5) is 9.34. The molecule has 0 saturated heterocycles. The molecular formula is C15H20ClN3O. The molecule has 0 aromatic carbocycles. The monoisotopic (exact) mass is 293 g/mol. The highest BCUT2D eigenvalue weighted by molar-refractivity contribution is 6.17. The van der Waals surface area contributed by atoms with Crippen molar-refractivity contribution in [3.63, 3.8) is 0 Å². The fraction of sp³-hybridized carbons (Fsp3) is 0.600.